The van der Waals surface area contributed by atoms with Gasteiger partial charge in [-0.1, -0.05) is 0 Å². The van der Waals surface area contributed by atoms with Crippen LogP contribution in [0.25, 0.3) is 0 Å². The van der Waals surface area contributed by atoms with Crippen molar-refractivity contribution in [2.45, 2.75) is 6.42 Å². The smallest absolute Gasteiger partial charge is 0.260 e. The van der Waals surface area contributed by atoms with Crippen molar-refractivity contribution in [2.24, 2.45) is 5.10 Å². The molecule has 2 rings (SSSR count). The highest BCUT2D eigenvalue weighted by molar-refractivity contribution is 5.84. The third-order valence-corrected chi connectivity index (χ3v) is 3.55. The molecule has 26 heavy (non-hydrogen) atoms. The molecule has 0 radical (unpaired) electrons. The molecule has 1 heterocycles. The maximum Gasteiger partial charge on any atom is 0.260 e. The Morgan fingerprint density at radius 3 is 2.85 bits per heavy atom. The lowest BCUT2D eigenvalue weighted by molar-refractivity contribution is -0.137. The van der Waals surface area contributed by atoms with E-state index in [0.717, 1.165) is 0 Å². The van der Waals surface area contributed by atoms with Crippen molar-refractivity contribution in [2.75, 3.05) is 40.0 Å². The molecule has 0 bridgehead atoms. The fraction of sp³-hybridized carbons (Fsp3) is 0.412. The lowest BCUT2D eigenvalue weighted by Gasteiger charge is -2.26. The molecule has 1 aromatic carbocycles. The minimum absolute atomic E-state index is 0.0893. The van der Waals surface area contributed by atoms with Gasteiger partial charge < -0.3 is 19.1 Å². The van der Waals surface area contributed by atoms with Gasteiger partial charge in [0.15, 0.2) is 18.1 Å². The summed E-state index contributed by atoms with van der Waals surface area (Å²) in [7, 11) is 1.49. The van der Waals surface area contributed by atoms with Gasteiger partial charge in [-0.05, 0) is 23.8 Å². The van der Waals surface area contributed by atoms with E-state index in [9.17, 15) is 9.59 Å². The van der Waals surface area contributed by atoms with E-state index in [1.807, 2.05) is 0 Å². The molecule has 1 aliphatic rings. The number of amides is 2. The molecule has 1 aromatic rings. The largest absolute Gasteiger partial charge is 0.493 e. The second kappa shape index (κ2) is 10.0. The molecule has 0 atom stereocenters. The van der Waals surface area contributed by atoms with E-state index in [4.69, 9.17) is 19.5 Å². The highest BCUT2D eigenvalue weighted by Crippen LogP contribution is 2.27. The monoisotopic (exact) mass is 360 g/mol. The summed E-state index contributed by atoms with van der Waals surface area (Å²) in [5, 5.41) is 12.2. The van der Waals surface area contributed by atoms with Crippen LogP contribution in [0.2, 0.25) is 0 Å². The number of methoxy groups -OCH3 is 1. The summed E-state index contributed by atoms with van der Waals surface area (Å²) in [6.45, 7) is 2.11. The number of rotatable bonds is 7. The van der Waals surface area contributed by atoms with Crippen LogP contribution >= 0.6 is 0 Å². The number of nitrogens with one attached hydrogen (secondary N) is 1. The van der Waals surface area contributed by atoms with Crippen molar-refractivity contribution in [3.63, 3.8) is 0 Å². The molecule has 0 spiro atoms. The Bertz CT molecular complexity index is 708. The minimum Gasteiger partial charge on any atom is -0.493 e. The number of hydrogen-bond donors (Lipinski definition) is 1. The summed E-state index contributed by atoms with van der Waals surface area (Å²) in [5.41, 5.74) is 2.89. The van der Waals surface area contributed by atoms with Crippen molar-refractivity contribution in [1.29, 1.82) is 5.26 Å². The first-order valence-corrected chi connectivity index (χ1v) is 7.99. The lowest BCUT2D eigenvalue weighted by Crippen LogP contribution is -2.43. The topological polar surface area (TPSA) is 113 Å². The molecule has 0 aromatic heterocycles. The Labute approximate surface area is 151 Å². The second-order valence-corrected chi connectivity index (χ2v) is 5.32. The zero-order valence-electron chi connectivity index (χ0n) is 14.4. The Hall–Kier alpha value is -3.12. The highest BCUT2D eigenvalue weighted by Gasteiger charge is 2.18. The van der Waals surface area contributed by atoms with Gasteiger partial charge in [0.05, 0.1) is 32.6 Å². The van der Waals surface area contributed by atoms with Crippen LogP contribution < -0.4 is 14.9 Å². The van der Waals surface area contributed by atoms with E-state index in [2.05, 4.69) is 10.5 Å². The third kappa shape index (κ3) is 5.75. The molecule has 0 aliphatic carbocycles. The number of carbonyl (C=O) groups is 2. The van der Waals surface area contributed by atoms with Crippen LogP contribution in [0, 0.1) is 11.3 Å². The van der Waals surface area contributed by atoms with Crippen LogP contribution in [0.1, 0.15) is 12.0 Å². The Balaban J connectivity index is 1.93. The fourth-order valence-corrected chi connectivity index (χ4v) is 2.22. The molecule has 1 aliphatic heterocycles. The SMILES string of the molecule is COc1cc(/C=N\NC(=O)CC#N)ccc1OCC(=O)N1CCOCC1. The first kappa shape index (κ1) is 19.2. The quantitative estimate of drug-likeness (QED) is 0.552. The van der Waals surface area contributed by atoms with Crippen LogP contribution in [0.3, 0.4) is 0 Å². The maximum absolute atomic E-state index is 12.1. The van der Waals surface area contributed by atoms with E-state index in [-0.39, 0.29) is 18.9 Å². The van der Waals surface area contributed by atoms with Crippen molar-refractivity contribution >= 4 is 18.0 Å². The summed E-state index contributed by atoms with van der Waals surface area (Å²) < 4.78 is 16.0. The van der Waals surface area contributed by atoms with Crippen molar-refractivity contribution in [3.05, 3.63) is 23.8 Å². The Kier molecular flexibility index (Phi) is 7.39. The van der Waals surface area contributed by atoms with Crippen molar-refractivity contribution < 1.29 is 23.8 Å². The first-order valence-electron chi connectivity index (χ1n) is 7.99. The highest BCUT2D eigenvalue weighted by atomic mass is 16.5. The van der Waals surface area contributed by atoms with Crippen LogP contribution in [-0.2, 0) is 14.3 Å². The number of ether oxygens (including phenoxy) is 3. The average molecular weight is 360 g/mol. The summed E-state index contributed by atoms with van der Waals surface area (Å²) in [6.07, 6.45) is 1.16. The number of carbonyl (C=O) groups excluding carboxylic acids is 2. The molecule has 1 saturated heterocycles. The standard InChI is InChI=1S/C17H20N4O5/c1-24-15-10-13(11-19-20-16(22)4-5-18)2-3-14(15)26-12-17(23)21-6-8-25-9-7-21/h2-3,10-11H,4,6-9,12H2,1H3,(H,20,22)/b19-11-. The van der Waals surface area contributed by atoms with Crippen LogP contribution in [0.15, 0.2) is 23.3 Å². The molecular weight excluding hydrogens is 340 g/mol. The Morgan fingerprint density at radius 2 is 2.15 bits per heavy atom. The van der Waals surface area contributed by atoms with Gasteiger partial charge in [-0.25, -0.2) is 5.43 Å². The van der Waals surface area contributed by atoms with Gasteiger partial charge in [-0.3, -0.25) is 9.59 Å². The molecule has 1 N–H and O–H groups in total. The van der Waals surface area contributed by atoms with Crippen LogP contribution in [0.4, 0.5) is 0 Å². The van der Waals surface area contributed by atoms with E-state index >= 15 is 0 Å². The number of hydrogen-bond acceptors (Lipinski definition) is 7. The van der Waals surface area contributed by atoms with Crippen LogP contribution in [0.5, 0.6) is 11.5 Å². The average Bonchev–Trinajstić information content (AvgIpc) is 2.67. The van der Waals surface area contributed by atoms with Gasteiger partial charge in [0.2, 0.25) is 0 Å². The van der Waals surface area contributed by atoms with Gasteiger partial charge in [-0.2, -0.15) is 10.4 Å². The predicted molar refractivity (Wildman–Crippen MR) is 91.9 cm³/mol. The minimum atomic E-state index is -0.489. The van der Waals surface area contributed by atoms with E-state index in [0.29, 0.717) is 43.4 Å². The summed E-state index contributed by atoms with van der Waals surface area (Å²) in [5.74, 6) is 0.269. The maximum atomic E-state index is 12.1. The second-order valence-electron chi connectivity index (χ2n) is 5.32. The molecule has 2 amide bonds. The number of nitriles is 1. The Morgan fingerprint density at radius 1 is 1.38 bits per heavy atom. The number of morpholine rings is 1. The molecule has 138 valence electrons. The number of nitrogens with zero attached hydrogens (tertiary/aromatic N) is 3. The molecule has 0 saturated carbocycles. The normalized spacial score (nSPS) is 13.9. The number of benzene rings is 1. The first-order chi connectivity index (χ1) is 12.6. The number of hydrazone groups is 1. The van der Waals surface area contributed by atoms with Crippen molar-refractivity contribution in [3.8, 4) is 17.6 Å². The summed E-state index contributed by atoms with van der Waals surface area (Å²) >= 11 is 0. The lowest BCUT2D eigenvalue weighted by atomic mass is 10.2. The molecule has 9 nitrogen and oxygen atoms in total. The van der Waals surface area contributed by atoms with Gasteiger partial charge in [0.25, 0.3) is 11.8 Å². The van der Waals surface area contributed by atoms with Crippen LogP contribution in [-0.4, -0.2) is 62.9 Å². The van der Waals surface area contributed by atoms with Crippen molar-refractivity contribution in [1.82, 2.24) is 10.3 Å². The van der Waals surface area contributed by atoms with Gasteiger partial charge >= 0.3 is 0 Å². The van der Waals surface area contributed by atoms with E-state index in [1.165, 1.54) is 13.3 Å². The third-order valence-electron chi connectivity index (χ3n) is 3.55. The zero-order chi connectivity index (χ0) is 18.8. The van der Waals surface area contributed by atoms with E-state index in [1.54, 1.807) is 29.2 Å². The van der Waals surface area contributed by atoms with Gasteiger partial charge in [0, 0.05) is 13.1 Å². The predicted octanol–water partition coefficient (Wildman–Crippen LogP) is 0.297. The zero-order valence-corrected chi connectivity index (χ0v) is 14.4. The summed E-state index contributed by atoms with van der Waals surface area (Å²) in [6, 6.07) is 6.75. The molecule has 0 unspecified atom stereocenters. The van der Waals surface area contributed by atoms with Gasteiger partial charge in [-0.15, -0.1) is 0 Å². The van der Waals surface area contributed by atoms with Gasteiger partial charge in [0.1, 0.15) is 6.42 Å². The fourth-order valence-electron chi connectivity index (χ4n) is 2.22. The molecule has 1 fully saturated rings. The summed E-state index contributed by atoms with van der Waals surface area (Å²) in [4.78, 5) is 25.0. The molecular formula is C17H20N4O5. The molecule has 9 heteroatoms. The van der Waals surface area contributed by atoms with E-state index < -0.39 is 5.91 Å².